The van der Waals surface area contributed by atoms with Crippen molar-refractivity contribution in [3.63, 3.8) is 0 Å². The number of amides is 1. The maximum absolute atomic E-state index is 13.8. The lowest BCUT2D eigenvalue weighted by molar-refractivity contribution is -0.139. The minimum Gasteiger partial charge on any atom is -0.483 e. The van der Waals surface area contributed by atoms with E-state index in [-0.39, 0.29) is 35.4 Å². The Morgan fingerprint density at radius 1 is 1.10 bits per heavy atom. The molecule has 0 bridgehead atoms. The van der Waals surface area contributed by atoms with Crippen LogP contribution in [0.2, 0.25) is 0 Å². The summed E-state index contributed by atoms with van der Waals surface area (Å²) in [6.07, 6.45) is 5.12. The van der Waals surface area contributed by atoms with Crippen LogP contribution >= 0.6 is 0 Å². The van der Waals surface area contributed by atoms with E-state index in [1.807, 2.05) is 43.3 Å². The van der Waals surface area contributed by atoms with Gasteiger partial charge in [-0.05, 0) is 48.8 Å². The molecule has 5 unspecified atom stereocenters. The van der Waals surface area contributed by atoms with Crippen LogP contribution in [0.5, 0.6) is 0 Å². The fourth-order valence-electron chi connectivity index (χ4n) is 5.57. The number of ether oxygens (including phenoxy) is 1. The van der Waals surface area contributed by atoms with E-state index < -0.39 is 6.04 Å². The molecule has 2 aromatic rings. The van der Waals surface area contributed by atoms with E-state index in [2.05, 4.69) is 18.8 Å². The van der Waals surface area contributed by atoms with E-state index in [0.29, 0.717) is 18.0 Å². The summed E-state index contributed by atoms with van der Waals surface area (Å²) in [4.78, 5) is 33.3. The zero-order valence-electron chi connectivity index (χ0n) is 18.2. The van der Waals surface area contributed by atoms with Gasteiger partial charge in [0.15, 0.2) is 11.5 Å². The highest BCUT2D eigenvalue weighted by Gasteiger charge is 2.53. The molecule has 0 radical (unpaired) electrons. The van der Waals surface area contributed by atoms with Crippen LogP contribution in [0.15, 0.2) is 60.1 Å². The first-order chi connectivity index (χ1) is 14.9. The standard InChI is InChI=1S/C26H28N2O3/c1-15-6-8-19(9-7-15)22-21-23(29)20-12-16(2)11-17(3)24(20)31-25(21)26(30)28(22)14-18-5-4-10-27-13-18/h4-10,13,16-17,20,22,24H,11-12,14H2,1-3H3. The second-order valence-electron chi connectivity index (χ2n) is 9.46. The van der Waals surface area contributed by atoms with Crippen LogP contribution in [0.1, 0.15) is 49.4 Å². The van der Waals surface area contributed by atoms with Gasteiger partial charge >= 0.3 is 0 Å². The molecule has 1 amide bonds. The van der Waals surface area contributed by atoms with E-state index in [1.54, 1.807) is 17.3 Å². The number of benzene rings is 1. The van der Waals surface area contributed by atoms with Crippen LogP contribution in [0, 0.1) is 24.7 Å². The van der Waals surface area contributed by atoms with E-state index in [0.717, 1.165) is 29.5 Å². The lowest BCUT2D eigenvalue weighted by Crippen LogP contribution is -2.45. The van der Waals surface area contributed by atoms with Gasteiger partial charge in [0.1, 0.15) is 6.10 Å². The highest BCUT2D eigenvalue weighted by atomic mass is 16.5. The number of fused-ring (bicyclic) bond motifs is 1. The number of carbonyl (C=O) groups excluding carboxylic acids is 2. The summed E-state index contributed by atoms with van der Waals surface area (Å²) >= 11 is 0. The molecule has 160 valence electrons. The molecule has 0 saturated heterocycles. The van der Waals surface area contributed by atoms with Gasteiger partial charge in [-0.15, -0.1) is 0 Å². The summed E-state index contributed by atoms with van der Waals surface area (Å²) in [6.45, 7) is 6.76. The van der Waals surface area contributed by atoms with Crippen molar-refractivity contribution in [1.82, 2.24) is 9.88 Å². The van der Waals surface area contributed by atoms with E-state index in [9.17, 15) is 9.59 Å². The topological polar surface area (TPSA) is 59.5 Å². The minimum atomic E-state index is -0.427. The van der Waals surface area contributed by atoms with Gasteiger partial charge in [0.05, 0.1) is 17.5 Å². The predicted octanol–water partition coefficient (Wildman–Crippen LogP) is 4.38. The largest absolute Gasteiger partial charge is 0.483 e. The maximum Gasteiger partial charge on any atom is 0.290 e. The fraction of sp³-hybridized carbons (Fsp3) is 0.423. The summed E-state index contributed by atoms with van der Waals surface area (Å²) in [5, 5.41) is 0. The molecule has 0 spiro atoms. The van der Waals surface area contributed by atoms with Crippen LogP contribution in [-0.2, 0) is 20.9 Å². The first-order valence-electron chi connectivity index (χ1n) is 11.2. The second-order valence-corrected chi connectivity index (χ2v) is 9.46. The molecule has 31 heavy (non-hydrogen) atoms. The second kappa shape index (κ2) is 7.63. The quantitative estimate of drug-likeness (QED) is 0.745. The molecule has 3 aliphatic rings. The number of aromatic nitrogens is 1. The number of hydrogen-bond acceptors (Lipinski definition) is 4. The lowest BCUT2D eigenvalue weighted by Gasteiger charge is -2.41. The summed E-state index contributed by atoms with van der Waals surface area (Å²) in [6, 6.07) is 11.5. The van der Waals surface area contributed by atoms with Crippen molar-refractivity contribution >= 4 is 11.7 Å². The lowest BCUT2D eigenvalue weighted by atomic mass is 9.70. The Hall–Kier alpha value is -2.95. The summed E-state index contributed by atoms with van der Waals surface area (Å²) < 4.78 is 6.35. The molecule has 1 aromatic heterocycles. The van der Waals surface area contributed by atoms with Crippen molar-refractivity contribution in [3.8, 4) is 0 Å². The Bertz CT molecular complexity index is 1040. The van der Waals surface area contributed by atoms with Gasteiger partial charge in [-0.25, -0.2) is 0 Å². The summed E-state index contributed by atoms with van der Waals surface area (Å²) in [5.74, 6) is 0.732. The number of pyridine rings is 1. The molecule has 5 rings (SSSR count). The highest BCUT2D eigenvalue weighted by Crippen LogP contribution is 2.49. The van der Waals surface area contributed by atoms with Crippen LogP contribution in [-0.4, -0.2) is 27.7 Å². The molecule has 5 nitrogen and oxygen atoms in total. The number of aryl methyl sites for hydroxylation is 1. The SMILES string of the molecule is Cc1ccc(C2C3=C(OC4C(C)CC(C)CC4C3=O)C(=O)N2Cc2cccnc2)cc1. The Morgan fingerprint density at radius 2 is 1.87 bits per heavy atom. The summed E-state index contributed by atoms with van der Waals surface area (Å²) in [5.41, 5.74) is 3.56. The number of rotatable bonds is 3. The fourth-order valence-corrected chi connectivity index (χ4v) is 5.57. The van der Waals surface area contributed by atoms with Gasteiger partial charge in [0.2, 0.25) is 0 Å². The molecule has 3 heterocycles. The van der Waals surface area contributed by atoms with E-state index in [1.165, 1.54) is 0 Å². The first kappa shape index (κ1) is 20.0. The molecular weight excluding hydrogens is 388 g/mol. The molecule has 2 aliphatic heterocycles. The van der Waals surface area contributed by atoms with Crippen molar-refractivity contribution in [3.05, 3.63) is 76.8 Å². The van der Waals surface area contributed by atoms with Gasteiger partial charge in [-0.3, -0.25) is 14.6 Å². The molecular formula is C26H28N2O3. The minimum absolute atomic E-state index is 0.0947. The van der Waals surface area contributed by atoms with Gasteiger partial charge in [-0.1, -0.05) is 49.7 Å². The van der Waals surface area contributed by atoms with E-state index >= 15 is 0 Å². The zero-order valence-corrected chi connectivity index (χ0v) is 18.2. The van der Waals surface area contributed by atoms with E-state index in [4.69, 9.17) is 4.74 Å². The molecule has 1 aliphatic carbocycles. The first-order valence-corrected chi connectivity index (χ1v) is 11.2. The van der Waals surface area contributed by atoms with Crippen molar-refractivity contribution in [2.45, 2.75) is 52.3 Å². The highest BCUT2D eigenvalue weighted by molar-refractivity contribution is 6.11. The third kappa shape index (κ3) is 3.36. The number of carbonyl (C=O) groups is 2. The Kier molecular flexibility index (Phi) is 4.92. The number of Topliss-reactive ketones (excluding diaryl/α,β-unsaturated/α-hetero) is 1. The van der Waals surface area contributed by atoms with Crippen molar-refractivity contribution in [1.29, 1.82) is 0 Å². The van der Waals surface area contributed by atoms with Crippen molar-refractivity contribution < 1.29 is 14.3 Å². The van der Waals surface area contributed by atoms with Gasteiger partial charge in [0, 0.05) is 18.9 Å². The Balaban J connectivity index is 1.59. The van der Waals surface area contributed by atoms with Gasteiger partial charge in [0.25, 0.3) is 5.91 Å². The number of hydrogen-bond donors (Lipinski definition) is 0. The molecule has 5 atom stereocenters. The third-order valence-corrected chi connectivity index (χ3v) is 7.00. The van der Waals surface area contributed by atoms with Gasteiger partial charge < -0.3 is 9.64 Å². The van der Waals surface area contributed by atoms with Crippen LogP contribution in [0.4, 0.5) is 0 Å². The van der Waals surface area contributed by atoms with Crippen LogP contribution < -0.4 is 0 Å². The molecule has 1 saturated carbocycles. The molecule has 0 N–H and O–H groups in total. The average Bonchev–Trinajstić information content (AvgIpc) is 3.03. The summed E-state index contributed by atoms with van der Waals surface area (Å²) in [7, 11) is 0. The molecule has 1 fully saturated rings. The maximum atomic E-state index is 13.8. The smallest absolute Gasteiger partial charge is 0.290 e. The Labute approximate surface area is 183 Å². The number of ketones is 1. The third-order valence-electron chi connectivity index (χ3n) is 7.00. The Morgan fingerprint density at radius 3 is 2.58 bits per heavy atom. The average molecular weight is 417 g/mol. The predicted molar refractivity (Wildman–Crippen MR) is 117 cm³/mol. The molecule has 1 aromatic carbocycles. The van der Waals surface area contributed by atoms with Crippen molar-refractivity contribution in [2.75, 3.05) is 0 Å². The van der Waals surface area contributed by atoms with Crippen molar-refractivity contribution in [2.24, 2.45) is 17.8 Å². The normalized spacial score (nSPS) is 30.2. The number of nitrogens with zero attached hydrogens (tertiary/aromatic N) is 2. The van der Waals surface area contributed by atoms with Crippen LogP contribution in [0.25, 0.3) is 0 Å². The van der Waals surface area contributed by atoms with Crippen LogP contribution in [0.3, 0.4) is 0 Å². The van der Waals surface area contributed by atoms with Gasteiger partial charge in [-0.2, -0.15) is 0 Å². The zero-order chi connectivity index (χ0) is 21.7. The molecule has 5 heteroatoms. The monoisotopic (exact) mass is 416 g/mol.